The van der Waals surface area contributed by atoms with Gasteiger partial charge in [-0.2, -0.15) is 13.2 Å². The third kappa shape index (κ3) is 3.91. The molecule has 17 heavy (non-hydrogen) atoms. The van der Waals surface area contributed by atoms with Crippen LogP contribution in [0.3, 0.4) is 0 Å². The second kappa shape index (κ2) is 5.00. The largest absolute Gasteiger partial charge is 0.484 e. The fourth-order valence-corrected chi connectivity index (χ4v) is 1.10. The van der Waals surface area contributed by atoms with E-state index in [0.29, 0.717) is 0 Å². The van der Waals surface area contributed by atoms with Crippen molar-refractivity contribution in [2.24, 2.45) is 0 Å². The molecule has 0 unspecified atom stereocenters. The molecule has 0 radical (unpaired) electrons. The summed E-state index contributed by atoms with van der Waals surface area (Å²) in [6.45, 7) is -2.16. The van der Waals surface area contributed by atoms with Gasteiger partial charge in [0.15, 0.2) is 6.61 Å². The van der Waals surface area contributed by atoms with E-state index >= 15 is 0 Å². The van der Waals surface area contributed by atoms with Crippen LogP contribution in [-0.4, -0.2) is 22.8 Å². The molecule has 0 aliphatic heterocycles. The van der Waals surface area contributed by atoms with Gasteiger partial charge in [-0.25, -0.2) is 0 Å². The number of rotatable bonds is 4. The average Bonchev–Trinajstić information content (AvgIpc) is 2.24. The summed E-state index contributed by atoms with van der Waals surface area (Å²) < 4.78 is 40.1. The van der Waals surface area contributed by atoms with Gasteiger partial charge >= 0.3 is 6.18 Å². The fourth-order valence-electron chi connectivity index (χ4n) is 1.10. The number of nitro groups is 1. The molecule has 1 aromatic carbocycles. The van der Waals surface area contributed by atoms with Crippen LogP contribution in [-0.2, 0) is 6.61 Å². The van der Waals surface area contributed by atoms with Gasteiger partial charge in [-0.3, -0.25) is 10.1 Å². The Kier molecular flexibility index (Phi) is 3.89. The van der Waals surface area contributed by atoms with Crippen molar-refractivity contribution in [3.8, 4) is 5.75 Å². The molecule has 0 aliphatic carbocycles. The van der Waals surface area contributed by atoms with Crippen LogP contribution >= 0.6 is 0 Å². The van der Waals surface area contributed by atoms with E-state index < -0.39 is 24.3 Å². The second-order valence-corrected chi connectivity index (χ2v) is 3.11. The highest BCUT2D eigenvalue weighted by molar-refractivity contribution is 5.43. The van der Waals surface area contributed by atoms with Crippen LogP contribution < -0.4 is 4.74 Å². The second-order valence-electron chi connectivity index (χ2n) is 3.11. The molecular formula is C9H8F3NO4. The lowest BCUT2D eigenvalue weighted by molar-refractivity contribution is -0.385. The molecule has 0 saturated heterocycles. The summed E-state index contributed by atoms with van der Waals surface area (Å²) in [7, 11) is 0. The summed E-state index contributed by atoms with van der Waals surface area (Å²) >= 11 is 0. The summed E-state index contributed by atoms with van der Waals surface area (Å²) in [5.74, 6) is -0.226. The minimum absolute atomic E-state index is 0.0662. The smallest absolute Gasteiger partial charge is 0.422 e. The first-order valence-electron chi connectivity index (χ1n) is 4.41. The van der Waals surface area contributed by atoms with Crippen molar-refractivity contribution in [3.63, 3.8) is 0 Å². The quantitative estimate of drug-likeness (QED) is 0.656. The number of benzene rings is 1. The maximum Gasteiger partial charge on any atom is 0.422 e. The molecule has 0 aromatic heterocycles. The van der Waals surface area contributed by atoms with Gasteiger partial charge in [0.1, 0.15) is 5.75 Å². The third-order valence-electron chi connectivity index (χ3n) is 1.82. The Morgan fingerprint density at radius 3 is 2.53 bits per heavy atom. The number of non-ortho nitro benzene ring substituents is 1. The van der Waals surface area contributed by atoms with E-state index in [1.165, 1.54) is 0 Å². The average molecular weight is 251 g/mol. The number of nitrogens with zero attached hydrogens (tertiary/aromatic N) is 1. The van der Waals surface area contributed by atoms with E-state index in [-0.39, 0.29) is 17.0 Å². The van der Waals surface area contributed by atoms with Gasteiger partial charge in [0, 0.05) is 17.7 Å². The van der Waals surface area contributed by atoms with Crippen LogP contribution in [0.15, 0.2) is 18.2 Å². The Labute approximate surface area is 93.6 Å². The minimum Gasteiger partial charge on any atom is -0.484 e. The molecule has 1 N–H and O–H groups in total. The van der Waals surface area contributed by atoms with Crippen molar-refractivity contribution in [2.45, 2.75) is 12.8 Å². The fraction of sp³-hybridized carbons (Fsp3) is 0.333. The van der Waals surface area contributed by atoms with Gasteiger partial charge in [0.25, 0.3) is 5.69 Å². The number of aliphatic hydroxyl groups excluding tert-OH is 1. The first kappa shape index (κ1) is 13.2. The van der Waals surface area contributed by atoms with Gasteiger partial charge in [-0.05, 0) is 6.07 Å². The molecule has 94 valence electrons. The van der Waals surface area contributed by atoms with Crippen molar-refractivity contribution < 1.29 is 27.9 Å². The van der Waals surface area contributed by atoms with Crippen LogP contribution in [0.4, 0.5) is 18.9 Å². The summed E-state index contributed by atoms with van der Waals surface area (Å²) in [6.07, 6.45) is -4.51. The van der Waals surface area contributed by atoms with Crippen molar-refractivity contribution in [2.75, 3.05) is 6.61 Å². The Morgan fingerprint density at radius 1 is 1.41 bits per heavy atom. The predicted octanol–water partition coefficient (Wildman–Crippen LogP) is 2.03. The first-order chi connectivity index (χ1) is 7.83. The predicted molar refractivity (Wildman–Crippen MR) is 50.6 cm³/mol. The maximum atomic E-state index is 11.9. The molecule has 0 aliphatic rings. The lowest BCUT2D eigenvalue weighted by atomic mass is 10.2. The van der Waals surface area contributed by atoms with Gasteiger partial charge < -0.3 is 9.84 Å². The van der Waals surface area contributed by atoms with Gasteiger partial charge in [-0.15, -0.1) is 0 Å². The molecule has 0 bridgehead atoms. The number of ether oxygens (including phenoxy) is 1. The van der Waals surface area contributed by atoms with E-state index in [1.807, 2.05) is 0 Å². The molecule has 0 spiro atoms. The molecule has 1 aromatic rings. The van der Waals surface area contributed by atoms with Crippen molar-refractivity contribution in [1.82, 2.24) is 0 Å². The maximum absolute atomic E-state index is 11.9. The highest BCUT2D eigenvalue weighted by atomic mass is 19.4. The zero-order valence-corrected chi connectivity index (χ0v) is 8.40. The summed E-state index contributed by atoms with van der Waals surface area (Å²) in [5.41, 5.74) is -0.392. The van der Waals surface area contributed by atoms with Gasteiger partial charge in [0.2, 0.25) is 0 Å². The Balaban J connectivity index is 2.89. The minimum atomic E-state index is -4.51. The molecule has 0 amide bonds. The molecule has 0 heterocycles. The normalized spacial score (nSPS) is 11.3. The number of hydrogen-bond acceptors (Lipinski definition) is 4. The molecule has 1 rings (SSSR count). The summed E-state index contributed by atoms with van der Waals surface area (Å²) in [5, 5.41) is 19.3. The molecule has 0 fully saturated rings. The molecule has 0 saturated carbocycles. The van der Waals surface area contributed by atoms with Crippen molar-refractivity contribution >= 4 is 5.69 Å². The van der Waals surface area contributed by atoms with Crippen LogP contribution in [0.1, 0.15) is 5.56 Å². The van der Waals surface area contributed by atoms with E-state index in [9.17, 15) is 23.3 Å². The number of alkyl halides is 3. The van der Waals surface area contributed by atoms with Crippen LogP contribution in [0.2, 0.25) is 0 Å². The third-order valence-corrected chi connectivity index (χ3v) is 1.82. The molecular weight excluding hydrogens is 243 g/mol. The van der Waals surface area contributed by atoms with Gasteiger partial charge in [0.05, 0.1) is 11.5 Å². The van der Waals surface area contributed by atoms with E-state index in [0.717, 1.165) is 18.2 Å². The Hall–Kier alpha value is -1.83. The molecule has 0 atom stereocenters. The van der Waals surface area contributed by atoms with Gasteiger partial charge in [-0.1, -0.05) is 0 Å². The summed E-state index contributed by atoms with van der Waals surface area (Å²) in [6, 6.07) is 2.99. The Bertz CT molecular complexity index is 419. The lowest BCUT2D eigenvalue weighted by Gasteiger charge is -2.11. The Morgan fingerprint density at radius 2 is 2.06 bits per heavy atom. The van der Waals surface area contributed by atoms with Crippen LogP contribution in [0, 0.1) is 10.1 Å². The number of aliphatic hydroxyl groups is 1. The lowest BCUT2D eigenvalue weighted by Crippen LogP contribution is -2.19. The standard InChI is InChI=1S/C9H8F3NO4/c10-9(11,12)5-17-8-2-1-7(13(15)16)3-6(8)4-14/h1-3,14H,4-5H2. The number of hydrogen-bond donors (Lipinski definition) is 1. The number of halogens is 3. The summed E-state index contributed by atoms with van der Waals surface area (Å²) in [4.78, 5) is 9.69. The van der Waals surface area contributed by atoms with Crippen molar-refractivity contribution in [1.29, 1.82) is 0 Å². The molecule has 8 heteroatoms. The SMILES string of the molecule is O=[N+]([O-])c1ccc(OCC(F)(F)F)c(CO)c1. The van der Waals surface area contributed by atoms with E-state index in [2.05, 4.69) is 4.74 Å². The van der Waals surface area contributed by atoms with Crippen molar-refractivity contribution in [3.05, 3.63) is 33.9 Å². The zero-order chi connectivity index (χ0) is 13.1. The molecule has 5 nitrogen and oxygen atoms in total. The van der Waals surface area contributed by atoms with Crippen LogP contribution in [0.5, 0.6) is 5.75 Å². The zero-order valence-electron chi connectivity index (χ0n) is 8.40. The topological polar surface area (TPSA) is 72.6 Å². The van der Waals surface area contributed by atoms with E-state index in [1.54, 1.807) is 0 Å². The highest BCUT2D eigenvalue weighted by Gasteiger charge is 2.29. The number of nitro benzene ring substituents is 1. The van der Waals surface area contributed by atoms with Crippen LogP contribution in [0.25, 0.3) is 0 Å². The monoisotopic (exact) mass is 251 g/mol. The first-order valence-corrected chi connectivity index (χ1v) is 4.41. The highest BCUT2D eigenvalue weighted by Crippen LogP contribution is 2.26. The van der Waals surface area contributed by atoms with E-state index in [4.69, 9.17) is 5.11 Å².